The molecule has 0 saturated carbocycles. The molecular formula is C18H22ClNO2. The zero-order chi connectivity index (χ0) is 15.9. The molecule has 2 aromatic carbocycles. The van der Waals surface area contributed by atoms with Crippen molar-refractivity contribution < 1.29 is 9.84 Å². The van der Waals surface area contributed by atoms with Crippen LogP contribution in [0.1, 0.15) is 30.5 Å². The molecule has 0 aliphatic carbocycles. The van der Waals surface area contributed by atoms with Crippen molar-refractivity contribution in [1.82, 2.24) is 5.32 Å². The molecule has 0 heterocycles. The van der Waals surface area contributed by atoms with E-state index in [0.717, 1.165) is 30.0 Å². The van der Waals surface area contributed by atoms with Gasteiger partial charge in [0, 0.05) is 11.1 Å². The molecule has 4 heteroatoms. The Balaban J connectivity index is 1.83. The molecule has 2 N–H and O–H groups in total. The molecule has 0 spiro atoms. The summed E-state index contributed by atoms with van der Waals surface area (Å²) < 4.78 is 5.14. The second-order valence-corrected chi connectivity index (χ2v) is 5.71. The van der Waals surface area contributed by atoms with Crippen LogP contribution in [0.3, 0.4) is 0 Å². The van der Waals surface area contributed by atoms with Gasteiger partial charge >= 0.3 is 0 Å². The third kappa shape index (κ3) is 4.39. The van der Waals surface area contributed by atoms with Gasteiger partial charge in [0.2, 0.25) is 0 Å². The van der Waals surface area contributed by atoms with Crippen molar-refractivity contribution in [3.63, 3.8) is 0 Å². The molecular weight excluding hydrogens is 298 g/mol. The summed E-state index contributed by atoms with van der Waals surface area (Å²) >= 11 is 6.15. The third-order valence-electron chi connectivity index (χ3n) is 3.74. The van der Waals surface area contributed by atoms with Crippen molar-refractivity contribution in [3.05, 3.63) is 58.6 Å². The van der Waals surface area contributed by atoms with Crippen LogP contribution >= 0.6 is 11.6 Å². The van der Waals surface area contributed by atoms with Crippen molar-refractivity contribution in [3.8, 4) is 11.5 Å². The zero-order valence-electron chi connectivity index (χ0n) is 13.0. The first kappa shape index (κ1) is 16.7. The van der Waals surface area contributed by atoms with E-state index in [1.165, 1.54) is 5.56 Å². The summed E-state index contributed by atoms with van der Waals surface area (Å²) in [5.41, 5.74) is 2.28. The minimum Gasteiger partial charge on any atom is -0.504 e. The van der Waals surface area contributed by atoms with Crippen LogP contribution in [0.25, 0.3) is 0 Å². The third-order valence-corrected chi connectivity index (χ3v) is 4.10. The Kier molecular flexibility index (Phi) is 6.10. The molecule has 1 atom stereocenters. The largest absolute Gasteiger partial charge is 0.504 e. The first-order valence-electron chi connectivity index (χ1n) is 7.45. The lowest BCUT2D eigenvalue weighted by atomic mass is 10.1. The Morgan fingerprint density at radius 2 is 2.00 bits per heavy atom. The number of hydrogen-bond acceptors (Lipinski definition) is 3. The maximum Gasteiger partial charge on any atom is 0.160 e. The van der Waals surface area contributed by atoms with Crippen LogP contribution in [0.15, 0.2) is 42.5 Å². The maximum absolute atomic E-state index is 9.63. The summed E-state index contributed by atoms with van der Waals surface area (Å²) in [6.07, 6.45) is 1.97. The van der Waals surface area contributed by atoms with Gasteiger partial charge in [-0.25, -0.2) is 0 Å². The smallest absolute Gasteiger partial charge is 0.160 e. The lowest BCUT2D eigenvalue weighted by molar-refractivity contribution is 0.372. The molecule has 3 nitrogen and oxygen atoms in total. The maximum atomic E-state index is 9.63. The minimum absolute atomic E-state index is 0.164. The lowest BCUT2D eigenvalue weighted by Crippen LogP contribution is -2.20. The Hall–Kier alpha value is -1.71. The molecule has 118 valence electrons. The van der Waals surface area contributed by atoms with Crippen LogP contribution in [0, 0.1) is 0 Å². The minimum atomic E-state index is 0.164. The predicted molar refractivity (Wildman–Crippen MR) is 90.8 cm³/mol. The van der Waals surface area contributed by atoms with E-state index in [2.05, 4.69) is 18.3 Å². The van der Waals surface area contributed by atoms with Crippen LogP contribution in [0.5, 0.6) is 11.5 Å². The van der Waals surface area contributed by atoms with E-state index in [4.69, 9.17) is 16.3 Å². The molecule has 2 rings (SSSR count). The van der Waals surface area contributed by atoms with Crippen molar-refractivity contribution in [2.75, 3.05) is 13.7 Å². The number of benzene rings is 2. The molecule has 0 saturated heterocycles. The van der Waals surface area contributed by atoms with Gasteiger partial charge in [0.1, 0.15) is 0 Å². The summed E-state index contributed by atoms with van der Waals surface area (Å²) in [7, 11) is 1.56. The van der Waals surface area contributed by atoms with Crippen LogP contribution in [-0.4, -0.2) is 18.8 Å². The van der Waals surface area contributed by atoms with Gasteiger partial charge in [0.15, 0.2) is 11.5 Å². The van der Waals surface area contributed by atoms with Crippen LogP contribution in [0.2, 0.25) is 5.02 Å². The Labute approximate surface area is 136 Å². The highest BCUT2D eigenvalue weighted by atomic mass is 35.5. The van der Waals surface area contributed by atoms with Gasteiger partial charge in [-0.2, -0.15) is 0 Å². The summed E-state index contributed by atoms with van der Waals surface area (Å²) in [6, 6.07) is 13.6. The van der Waals surface area contributed by atoms with E-state index in [1.807, 2.05) is 30.3 Å². The van der Waals surface area contributed by atoms with Gasteiger partial charge in [-0.05, 0) is 55.6 Å². The Morgan fingerprint density at radius 1 is 1.23 bits per heavy atom. The Bertz CT molecular complexity index is 616. The zero-order valence-corrected chi connectivity index (χ0v) is 13.7. The fourth-order valence-electron chi connectivity index (χ4n) is 2.38. The highest BCUT2D eigenvalue weighted by Gasteiger charge is 2.08. The fraction of sp³-hybridized carbons (Fsp3) is 0.333. The number of methoxy groups -OCH3 is 1. The summed E-state index contributed by atoms with van der Waals surface area (Å²) in [4.78, 5) is 0. The van der Waals surface area contributed by atoms with E-state index in [9.17, 15) is 5.11 Å². The first-order valence-corrected chi connectivity index (χ1v) is 7.83. The molecule has 2 aromatic rings. The molecule has 0 unspecified atom stereocenters. The molecule has 0 aromatic heterocycles. The van der Waals surface area contributed by atoms with E-state index >= 15 is 0 Å². The molecule has 0 amide bonds. The molecule has 22 heavy (non-hydrogen) atoms. The monoisotopic (exact) mass is 319 g/mol. The molecule has 0 bridgehead atoms. The van der Waals surface area contributed by atoms with E-state index in [-0.39, 0.29) is 11.8 Å². The number of phenols is 1. The van der Waals surface area contributed by atoms with E-state index in [0.29, 0.717) is 5.75 Å². The van der Waals surface area contributed by atoms with Crippen molar-refractivity contribution in [2.45, 2.75) is 25.8 Å². The summed E-state index contributed by atoms with van der Waals surface area (Å²) in [5.74, 6) is 0.666. The number of halogens is 1. The SMILES string of the molecule is COc1cc([C@H](C)NCCCc2ccccc2Cl)ccc1O. The summed E-state index contributed by atoms with van der Waals surface area (Å²) in [6.45, 7) is 3.00. The number of phenolic OH excluding ortho intramolecular Hbond substituents is 1. The topological polar surface area (TPSA) is 41.5 Å². The van der Waals surface area contributed by atoms with Crippen molar-refractivity contribution in [1.29, 1.82) is 0 Å². The van der Waals surface area contributed by atoms with Crippen LogP contribution in [0.4, 0.5) is 0 Å². The predicted octanol–water partition coefficient (Wildman–Crippen LogP) is 4.34. The standard InChI is InChI=1S/C18H22ClNO2/c1-13(15-9-10-17(21)18(12-15)22-2)20-11-5-7-14-6-3-4-8-16(14)19/h3-4,6,8-10,12-13,20-21H,5,7,11H2,1-2H3/t13-/m0/s1. The normalized spacial score (nSPS) is 12.1. The first-order chi connectivity index (χ1) is 10.6. The lowest BCUT2D eigenvalue weighted by Gasteiger charge is -2.16. The molecule has 0 aliphatic rings. The number of aromatic hydroxyl groups is 1. The fourth-order valence-corrected chi connectivity index (χ4v) is 2.61. The number of ether oxygens (including phenoxy) is 1. The highest BCUT2D eigenvalue weighted by molar-refractivity contribution is 6.31. The van der Waals surface area contributed by atoms with Gasteiger partial charge in [0.05, 0.1) is 7.11 Å². The van der Waals surface area contributed by atoms with Crippen LogP contribution < -0.4 is 10.1 Å². The molecule has 0 fully saturated rings. The van der Waals surface area contributed by atoms with E-state index < -0.39 is 0 Å². The average Bonchev–Trinajstić information content (AvgIpc) is 2.53. The van der Waals surface area contributed by atoms with Gasteiger partial charge in [0.25, 0.3) is 0 Å². The molecule has 0 aliphatic heterocycles. The van der Waals surface area contributed by atoms with E-state index in [1.54, 1.807) is 13.2 Å². The van der Waals surface area contributed by atoms with Gasteiger partial charge in [-0.15, -0.1) is 0 Å². The quantitative estimate of drug-likeness (QED) is 0.746. The van der Waals surface area contributed by atoms with Crippen molar-refractivity contribution >= 4 is 11.6 Å². The number of hydrogen-bond donors (Lipinski definition) is 2. The number of aryl methyl sites for hydroxylation is 1. The summed E-state index contributed by atoms with van der Waals surface area (Å²) in [5, 5.41) is 13.9. The van der Waals surface area contributed by atoms with Gasteiger partial charge < -0.3 is 15.2 Å². The van der Waals surface area contributed by atoms with Gasteiger partial charge in [-0.3, -0.25) is 0 Å². The Morgan fingerprint density at radius 3 is 2.73 bits per heavy atom. The van der Waals surface area contributed by atoms with Gasteiger partial charge in [-0.1, -0.05) is 35.9 Å². The second-order valence-electron chi connectivity index (χ2n) is 5.30. The van der Waals surface area contributed by atoms with Crippen LogP contribution in [-0.2, 0) is 6.42 Å². The van der Waals surface area contributed by atoms with Crippen molar-refractivity contribution in [2.24, 2.45) is 0 Å². The number of nitrogens with one attached hydrogen (secondary N) is 1. The highest BCUT2D eigenvalue weighted by Crippen LogP contribution is 2.28. The average molecular weight is 320 g/mol. The number of rotatable bonds is 7. The second kappa shape index (κ2) is 8.06. The molecule has 0 radical (unpaired) electrons.